The number of halogens is 1. The van der Waals surface area contributed by atoms with Crippen molar-refractivity contribution in [3.8, 4) is 11.4 Å². The fraction of sp³-hybridized carbons (Fsp3) is 0.278. The molecule has 28 heavy (non-hydrogen) atoms. The van der Waals surface area contributed by atoms with E-state index in [1.165, 1.54) is 22.3 Å². The maximum atomic E-state index is 12.5. The van der Waals surface area contributed by atoms with Gasteiger partial charge in [-0.05, 0) is 24.3 Å². The lowest BCUT2D eigenvalue weighted by molar-refractivity contribution is 0.391. The summed E-state index contributed by atoms with van der Waals surface area (Å²) in [5, 5.41) is 5.17. The number of hydrogen-bond donors (Lipinski definition) is 0. The molecule has 0 saturated carbocycles. The van der Waals surface area contributed by atoms with E-state index in [-0.39, 0.29) is 4.90 Å². The van der Waals surface area contributed by atoms with Crippen molar-refractivity contribution in [2.24, 2.45) is 0 Å². The largest absolute Gasteiger partial charge is 0.338 e. The van der Waals surface area contributed by atoms with Crippen LogP contribution in [0.1, 0.15) is 19.7 Å². The minimum atomic E-state index is -3.51. The van der Waals surface area contributed by atoms with Crippen LogP contribution < -0.4 is 0 Å². The Labute approximate surface area is 173 Å². The number of thioether (sulfide) groups is 1. The van der Waals surface area contributed by atoms with Gasteiger partial charge in [-0.25, -0.2) is 13.4 Å². The zero-order chi connectivity index (χ0) is 20.1. The molecule has 1 aromatic carbocycles. The second kappa shape index (κ2) is 9.04. The summed E-state index contributed by atoms with van der Waals surface area (Å²) >= 11 is 7.52. The summed E-state index contributed by atoms with van der Waals surface area (Å²) < 4.78 is 31.6. The van der Waals surface area contributed by atoms with E-state index < -0.39 is 10.0 Å². The van der Waals surface area contributed by atoms with Crippen LogP contribution in [-0.4, -0.2) is 40.9 Å². The fourth-order valence-electron chi connectivity index (χ4n) is 2.52. The molecule has 2 heterocycles. The zero-order valence-electron chi connectivity index (χ0n) is 15.4. The van der Waals surface area contributed by atoms with E-state index in [2.05, 4.69) is 15.1 Å². The van der Waals surface area contributed by atoms with Gasteiger partial charge in [-0.15, -0.1) is 0 Å². The first-order valence-corrected chi connectivity index (χ1v) is 11.4. The number of benzene rings is 1. The van der Waals surface area contributed by atoms with Crippen LogP contribution in [0.15, 0.2) is 57.0 Å². The van der Waals surface area contributed by atoms with Crippen molar-refractivity contribution in [3.63, 3.8) is 0 Å². The zero-order valence-corrected chi connectivity index (χ0v) is 17.8. The highest BCUT2D eigenvalue weighted by molar-refractivity contribution is 7.98. The normalized spacial score (nSPS) is 11.9. The van der Waals surface area contributed by atoms with Gasteiger partial charge in [0.25, 0.3) is 0 Å². The number of rotatable bonds is 8. The van der Waals surface area contributed by atoms with Gasteiger partial charge in [-0.2, -0.15) is 9.29 Å². The van der Waals surface area contributed by atoms with Crippen LogP contribution in [0.3, 0.4) is 0 Å². The molecule has 0 aliphatic carbocycles. The molecule has 0 radical (unpaired) electrons. The second-order valence-corrected chi connectivity index (χ2v) is 9.04. The Morgan fingerprint density at radius 1 is 1.14 bits per heavy atom. The van der Waals surface area contributed by atoms with Crippen LogP contribution in [0.5, 0.6) is 0 Å². The lowest BCUT2D eigenvalue weighted by atomic mass is 10.2. The third kappa shape index (κ3) is 4.54. The summed E-state index contributed by atoms with van der Waals surface area (Å²) in [6.45, 7) is 4.44. The highest BCUT2D eigenvalue weighted by atomic mass is 35.5. The summed E-state index contributed by atoms with van der Waals surface area (Å²) in [7, 11) is -3.51. The van der Waals surface area contributed by atoms with Gasteiger partial charge in [0.2, 0.25) is 21.7 Å². The summed E-state index contributed by atoms with van der Waals surface area (Å²) in [4.78, 5) is 8.76. The molecule has 148 valence electrons. The highest BCUT2D eigenvalue weighted by Crippen LogP contribution is 2.27. The van der Waals surface area contributed by atoms with Crippen molar-refractivity contribution < 1.29 is 12.9 Å². The standard InChI is InChI=1S/C18H19ClN4O3S2/c1-3-23(4-2)28(24,25)13-9-10-17(20-11-13)27-12-16-21-18(22-26-16)14-7-5-6-8-15(14)19/h5-11H,3-4,12H2,1-2H3. The Balaban J connectivity index is 1.67. The van der Waals surface area contributed by atoms with Crippen molar-refractivity contribution in [2.45, 2.75) is 29.5 Å². The Morgan fingerprint density at radius 3 is 2.54 bits per heavy atom. The predicted molar refractivity (Wildman–Crippen MR) is 109 cm³/mol. The minimum Gasteiger partial charge on any atom is -0.338 e. The van der Waals surface area contributed by atoms with E-state index in [9.17, 15) is 8.42 Å². The number of aromatic nitrogens is 3. The van der Waals surface area contributed by atoms with E-state index in [1.807, 2.05) is 18.2 Å². The molecule has 10 heteroatoms. The summed E-state index contributed by atoms with van der Waals surface area (Å²) in [5.74, 6) is 1.27. The fourth-order valence-corrected chi connectivity index (χ4v) is 4.82. The number of sulfonamides is 1. The van der Waals surface area contributed by atoms with Gasteiger partial charge in [0.05, 0.1) is 15.8 Å². The first-order chi connectivity index (χ1) is 13.5. The monoisotopic (exact) mass is 438 g/mol. The van der Waals surface area contributed by atoms with Crippen LogP contribution >= 0.6 is 23.4 Å². The molecule has 0 aliphatic heterocycles. The summed E-state index contributed by atoms with van der Waals surface area (Å²) in [5.41, 5.74) is 0.702. The summed E-state index contributed by atoms with van der Waals surface area (Å²) in [6, 6.07) is 10.5. The molecule has 3 rings (SSSR count). The van der Waals surface area contributed by atoms with E-state index in [0.29, 0.717) is 46.2 Å². The van der Waals surface area contributed by atoms with Crippen LogP contribution in [0, 0.1) is 0 Å². The van der Waals surface area contributed by atoms with Crippen molar-refractivity contribution in [2.75, 3.05) is 13.1 Å². The molecule has 2 aromatic heterocycles. The molecule has 0 unspecified atom stereocenters. The van der Waals surface area contributed by atoms with Crippen molar-refractivity contribution in [1.29, 1.82) is 0 Å². The Hall–Kier alpha value is -1.94. The maximum Gasteiger partial charge on any atom is 0.244 e. The third-order valence-corrected chi connectivity index (χ3v) is 7.27. The molecule has 7 nitrogen and oxygen atoms in total. The number of pyridine rings is 1. The van der Waals surface area contributed by atoms with E-state index in [0.717, 1.165) is 0 Å². The van der Waals surface area contributed by atoms with Crippen molar-refractivity contribution in [1.82, 2.24) is 19.4 Å². The van der Waals surface area contributed by atoms with E-state index >= 15 is 0 Å². The maximum absolute atomic E-state index is 12.5. The van der Waals surface area contributed by atoms with Crippen molar-refractivity contribution in [3.05, 3.63) is 53.5 Å². The molecule has 0 bridgehead atoms. The van der Waals surface area contributed by atoms with Gasteiger partial charge < -0.3 is 4.52 Å². The molecular formula is C18H19ClN4O3S2. The Kier molecular flexibility index (Phi) is 6.71. The SMILES string of the molecule is CCN(CC)S(=O)(=O)c1ccc(SCc2nc(-c3ccccc3Cl)no2)nc1. The molecule has 0 atom stereocenters. The number of nitrogens with zero attached hydrogens (tertiary/aromatic N) is 4. The van der Waals surface area contributed by atoms with Crippen LogP contribution in [0.25, 0.3) is 11.4 Å². The Morgan fingerprint density at radius 2 is 1.89 bits per heavy atom. The van der Waals surface area contributed by atoms with Crippen LogP contribution in [0.4, 0.5) is 0 Å². The van der Waals surface area contributed by atoms with Crippen molar-refractivity contribution >= 4 is 33.4 Å². The molecule has 0 amide bonds. The van der Waals surface area contributed by atoms with Gasteiger partial charge in [0, 0.05) is 24.8 Å². The smallest absolute Gasteiger partial charge is 0.244 e. The molecule has 3 aromatic rings. The molecule has 0 aliphatic rings. The third-order valence-electron chi connectivity index (χ3n) is 3.98. The molecular weight excluding hydrogens is 420 g/mol. The highest BCUT2D eigenvalue weighted by Gasteiger charge is 2.21. The average Bonchev–Trinajstić information content (AvgIpc) is 3.16. The Bertz CT molecular complexity index is 1030. The van der Waals surface area contributed by atoms with E-state index in [1.54, 1.807) is 32.0 Å². The molecule has 0 N–H and O–H groups in total. The second-order valence-electron chi connectivity index (χ2n) is 5.70. The van der Waals surface area contributed by atoms with Gasteiger partial charge in [-0.1, -0.05) is 54.5 Å². The first kappa shape index (κ1) is 20.8. The average molecular weight is 439 g/mol. The topological polar surface area (TPSA) is 89.2 Å². The lowest BCUT2D eigenvalue weighted by Gasteiger charge is -2.18. The molecule has 0 saturated heterocycles. The molecule has 0 fully saturated rings. The number of hydrogen-bond acceptors (Lipinski definition) is 7. The lowest BCUT2D eigenvalue weighted by Crippen LogP contribution is -2.30. The quantitative estimate of drug-likeness (QED) is 0.489. The van der Waals surface area contributed by atoms with Gasteiger partial charge in [0.1, 0.15) is 4.90 Å². The van der Waals surface area contributed by atoms with Gasteiger partial charge >= 0.3 is 0 Å². The van der Waals surface area contributed by atoms with E-state index in [4.69, 9.17) is 16.1 Å². The van der Waals surface area contributed by atoms with Crippen LogP contribution in [-0.2, 0) is 15.8 Å². The summed E-state index contributed by atoms with van der Waals surface area (Å²) in [6.07, 6.45) is 1.37. The van der Waals surface area contributed by atoms with Gasteiger partial charge in [-0.3, -0.25) is 0 Å². The minimum absolute atomic E-state index is 0.180. The predicted octanol–water partition coefficient (Wildman–Crippen LogP) is 4.11. The first-order valence-electron chi connectivity index (χ1n) is 8.62. The molecule has 0 spiro atoms. The van der Waals surface area contributed by atoms with Crippen LogP contribution in [0.2, 0.25) is 5.02 Å². The van der Waals surface area contributed by atoms with Gasteiger partial charge in [0.15, 0.2) is 0 Å².